The third-order valence-corrected chi connectivity index (χ3v) is 5.11. The molecule has 21 heavy (non-hydrogen) atoms. The molecule has 3 rings (SSSR count). The predicted octanol–water partition coefficient (Wildman–Crippen LogP) is 2.62. The van der Waals surface area contributed by atoms with E-state index >= 15 is 0 Å². The molecule has 0 saturated carbocycles. The van der Waals surface area contributed by atoms with E-state index in [9.17, 15) is 10.1 Å². The van der Waals surface area contributed by atoms with Gasteiger partial charge in [-0.15, -0.1) is 0 Å². The molecule has 0 aliphatic carbocycles. The summed E-state index contributed by atoms with van der Waals surface area (Å²) in [5.74, 6) is 0. The quantitative estimate of drug-likeness (QED) is 0.684. The molecule has 5 nitrogen and oxygen atoms in total. The number of rotatable bonds is 4. The number of hydrogen-bond donors (Lipinski definition) is 1. The molecule has 2 saturated heterocycles. The summed E-state index contributed by atoms with van der Waals surface area (Å²) < 4.78 is 0. The second kappa shape index (κ2) is 5.73. The van der Waals surface area contributed by atoms with Crippen molar-refractivity contribution < 1.29 is 4.92 Å². The number of nitrogens with one attached hydrogen (secondary N) is 1. The molecule has 0 amide bonds. The summed E-state index contributed by atoms with van der Waals surface area (Å²) in [6, 6.07) is 7.31. The van der Waals surface area contributed by atoms with Gasteiger partial charge in [-0.1, -0.05) is 12.1 Å². The van der Waals surface area contributed by atoms with Crippen LogP contribution in [0.5, 0.6) is 0 Å². The van der Waals surface area contributed by atoms with Crippen LogP contribution in [-0.4, -0.2) is 35.0 Å². The first kappa shape index (κ1) is 14.5. The fourth-order valence-electron chi connectivity index (χ4n) is 3.82. The van der Waals surface area contributed by atoms with Gasteiger partial charge in [-0.2, -0.15) is 0 Å². The zero-order valence-electron chi connectivity index (χ0n) is 12.7. The van der Waals surface area contributed by atoms with Crippen molar-refractivity contribution in [3.05, 3.63) is 39.4 Å². The van der Waals surface area contributed by atoms with Gasteiger partial charge in [0.25, 0.3) is 5.69 Å². The molecule has 2 heterocycles. The van der Waals surface area contributed by atoms with Crippen LogP contribution in [0.25, 0.3) is 0 Å². The van der Waals surface area contributed by atoms with E-state index in [2.05, 4.69) is 17.3 Å². The van der Waals surface area contributed by atoms with Crippen LogP contribution in [0.1, 0.15) is 36.8 Å². The summed E-state index contributed by atoms with van der Waals surface area (Å²) in [6.07, 6.45) is 4.98. The third-order valence-electron chi connectivity index (χ3n) is 5.11. The lowest BCUT2D eigenvalue weighted by molar-refractivity contribution is -0.385. The minimum atomic E-state index is -0.288. The molecule has 2 fully saturated rings. The highest BCUT2D eigenvalue weighted by Gasteiger charge is 2.35. The Morgan fingerprint density at radius 2 is 2.00 bits per heavy atom. The maximum absolute atomic E-state index is 11.0. The summed E-state index contributed by atoms with van der Waals surface area (Å²) in [5, 5.41) is 14.7. The van der Waals surface area contributed by atoms with Crippen LogP contribution in [0.2, 0.25) is 0 Å². The fraction of sp³-hybridized carbons (Fsp3) is 0.625. The smallest absolute Gasteiger partial charge is 0.272 e. The highest BCUT2D eigenvalue weighted by molar-refractivity contribution is 5.44. The standard InChI is InChI=1S/C16H23N3O2/c1-11-12(4-3-5-16(11)19(20)21)10-18(2)15-8-13-6-7-14(9-15)17-13/h3-5,13-15,17H,6-10H2,1-2H3. The second-order valence-corrected chi connectivity index (χ2v) is 6.50. The van der Waals surface area contributed by atoms with Crippen LogP contribution in [0.4, 0.5) is 5.69 Å². The Bertz CT molecular complexity index is 534. The molecule has 2 atom stereocenters. The average molecular weight is 289 g/mol. The minimum Gasteiger partial charge on any atom is -0.311 e. The van der Waals surface area contributed by atoms with Crippen molar-refractivity contribution in [1.29, 1.82) is 0 Å². The molecule has 2 aliphatic rings. The number of nitro groups is 1. The van der Waals surface area contributed by atoms with Gasteiger partial charge in [0.2, 0.25) is 0 Å². The Labute approximate surface area is 125 Å². The lowest BCUT2D eigenvalue weighted by Gasteiger charge is -2.35. The molecule has 2 unspecified atom stereocenters. The summed E-state index contributed by atoms with van der Waals surface area (Å²) >= 11 is 0. The van der Waals surface area contributed by atoms with E-state index in [1.165, 1.54) is 25.7 Å². The molecule has 2 bridgehead atoms. The van der Waals surface area contributed by atoms with Crippen LogP contribution in [-0.2, 0) is 6.54 Å². The summed E-state index contributed by atoms with van der Waals surface area (Å²) in [6.45, 7) is 2.64. The molecular weight excluding hydrogens is 266 g/mol. The monoisotopic (exact) mass is 289 g/mol. The molecule has 114 valence electrons. The van der Waals surface area contributed by atoms with Gasteiger partial charge < -0.3 is 5.32 Å². The van der Waals surface area contributed by atoms with Crippen LogP contribution >= 0.6 is 0 Å². The van der Waals surface area contributed by atoms with Gasteiger partial charge >= 0.3 is 0 Å². The Hall–Kier alpha value is -1.46. The van der Waals surface area contributed by atoms with Crippen LogP contribution in [0, 0.1) is 17.0 Å². The molecule has 1 aromatic carbocycles. The van der Waals surface area contributed by atoms with Gasteiger partial charge in [-0.3, -0.25) is 15.0 Å². The molecule has 5 heteroatoms. The number of fused-ring (bicyclic) bond motifs is 2. The molecule has 1 aromatic rings. The zero-order valence-corrected chi connectivity index (χ0v) is 12.7. The van der Waals surface area contributed by atoms with E-state index in [0.29, 0.717) is 18.1 Å². The number of benzene rings is 1. The topological polar surface area (TPSA) is 58.4 Å². The van der Waals surface area contributed by atoms with Gasteiger partial charge in [-0.25, -0.2) is 0 Å². The van der Waals surface area contributed by atoms with Gasteiger partial charge in [0.1, 0.15) is 0 Å². The van der Waals surface area contributed by atoms with Gasteiger partial charge in [0, 0.05) is 36.3 Å². The van der Waals surface area contributed by atoms with Crippen molar-refractivity contribution in [3.63, 3.8) is 0 Å². The SMILES string of the molecule is Cc1c(CN(C)C2CC3CCC(C2)N3)cccc1[N+](=O)[O-]. The molecule has 0 radical (unpaired) electrons. The van der Waals surface area contributed by atoms with Crippen molar-refractivity contribution in [3.8, 4) is 0 Å². The van der Waals surface area contributed by atoms with Crippen LogP contribution in [0.3, 0.4) is 0 Å². The summed E-state index contributed by atoms with van der Waals surface area (Å²) in [4.78, 5) is 13.1. The number of hydrogen-bond acceptors (Lipinski definition) is 4. The van der Waals surface area contributed by atoms with Crippen LogP contribution in [0.15, 0.2) is 18.2 Å². The molecule has 2 aliphatic heterocycles. The zero-order chi connectivity index (χ0) is 15.0. The largest absolute Gasteiger partial charge is 0.311 e. The van der Waals surface area contributed by atoms with E-state index in [1.807, 2.05) is 13.0 Å². The van der Waals surface area contributed by atoms with E-state index in [-0.39, 0.29) is 10.6 Å². The van der Waals surface area contributed by atoms with Crippen molar-refractivity contribution in [2.24, 2.45) is 0 Å². The van der Waals surface area contributed by atoms with Crippen LogP contribution < -0.4 is 5.32 Å². The maximum atomic E-state index is 11.0. The number of piperidine rings is 1. The number of nitro benzene ring substituents is 1. The first-order valence-corrected chi connectivity index (χ1v) is 7.73. The van der Waals surface area contributed by atoms with Gasteiger partial charge in [0.05, 0.1) is 4.92 Å². The predicted molar refractivity (Wildman–Crippen MR) is 82.3 cm³/mol. The highest BCUT2D eigenvalue weighted by Crippen LogP contribution is 2.30. The van der Waals surface area contributed by atoms with E-state index in [4.69, 9.17) is 0 Å². The van der Waals surface area contributed by atoms with E-state index < -0.39 is 0 Å². The van der Waals surface area contributed by atoms with Crippen molar-refractivity contribution in [2.45, 2.75) is 57.3 Å². The van der Waals surface area contributed by atoms with Crippen molar-refractivity contribution in [2.75, 3.05) is 7.05 Å². The molecule has 1 N–H and O–H groups in total. The molecular formula is C16H23N3O2. The Kier molecular flexibility index (Phi) is 3.95. The first-order valence-electron chi connectivity index (χ1n) is 7.73. The third kappa shape index (κ3) is 2.94. The Morgan fingerprint density at radius 3 is 2.62 bits per heavy atom. The van der Waals surface area contributed by atoms with Crippen molar-refractivity contribution >= 4 is 5.69 Å². The Balaban J connectivity index is 1.71. The summed E-state index contributed by atoms with van der Waals surface area (Å²) in [7, 11) is 2.15. The maximum Gasteiger partial charge on any atom is 0.272 e. The highest BCUT2D eigenvalue weighted by atomic mass is 16.6. The normalized spacial score (nSPS) is 28.0. The van der Waals surface area contributed by atoms with E-state index in [0.717, 1.165) is 17.7 Å². The first-order chi connectivity index (χ1) is 10.0. The average Bonchev–Trinajstić information content (AvgIpc) is 2.79. The van der Waals surface area contributed by atoms with Crippen molar-refractivity contribution in [1.82, 2.24) is 10.2 Å². The lowest BCUT2D eigenvalue weighted by atomic mass is 9.97. The fourth-order valence-corrected chi connectivity index (χ4v) is 3.82. The number of nitrogens with zero attached hydrogens (tertiary/aromatic N) is 2. The molecule has 0 spiro atoms. The lowest BCUT2D eigenvalue weighted by Crippen LogP contribution is -2.46. The van der Waals surface area contributed by atoms with E-state index in [1.54, 1.807) is 12.1 Å². The van der Waals surface area contributed by atoms with Gasteiger partial charge in [0.15, 0.2) is 0 Å². The summed E-state index contributed by atoms with van der Waals surface area (Å²) in [5.41, 5.74) is 2.09. The minimum absolute atomic E-state index is 0.228. The Morgan fingerprint density at radius 1 is 1.33 bits per heavy atom. The molecule has 0 aromatic heterocycles. The van der Waals surface area contributed by atoms with Gasteiger partial charge in [-0.05, 0) is 45.2 Å². The second-order valence-electron chi connectivity index (χ2n) is 6.50.